The highest BCUT2D eigenvalue weighted by Crippen LogP contribution is 2.42. The second kappa shape index (κ2) is 9.61. The molecule has 0 aliphatic rings. The molecule has 0 atom stereocenters. The molecule has 1 amide bonds. The number of aromatic hydroxyl groups is 1. The van der Waals surface area contributed by atoms with Crippen LogP contribution in [0.1, 0.15) is 55.6 Å². The highest BCUT2D eigenvalue weighted by Gasteiger charge is 2.29. The number of hydrogen-bond donors (Lipinski definition) is 2. The minimum Gasteiger partial charge on any atom is -0.507 e. The summed E-state index contributed by atoms with van der Waals surface area (Å²) in [6.45, 7) is 10.3. The van der Waals surface area contributed by atoms with Gasteiger partial charge in [-0.05, 0) is 31.4 Å². The zero-order valence-corrected chi connectivity index (χ0v) is 18.2. The normalized spacial score (nSPS) is 11.2. The highest BCUT2D eigenvalue weighted by atomic mass is 16.7. The molecule has 0 unspecified atom stereocenters. The number of nitrogens with one attached hydrogen (secondary N) is 1. The predicted octanol–water partition coefficient (Wildman–Crippen LogP) is 3.65. The van der Waals surface area contributed by atoms with Gasteiger partial charge < -0.3 is 28.9 Å². The minimum absolute atomic E-state index is 0.000167. The number of ether oxygens (including phenoxy) is 2. The molecule has 0 saturated heterocycles. The number of amides is 1. The number of rotatable bonds is 9. The third kappa shape index (κ3) is 4.69. The smallest absolute Gasteiger partial charge is 0.274 e. The number of benzene rings is 1. The van der Waals surface area contributed by atoms with Gasteiger partial charge in [0.25, 0.3) is 5.91 Å². The van der Waals surface area contributed by atoms with Gasteiger partial charge in [0.15, 0.2) is 18.2 Å². The van der Waals surface area contributed by atoms with Crippen LogP contribution in [-0.4, -0.2) is 46.3 Å². The topological polar surface area (TPSA) is 133 Å². The number of phenols is 1. The van der Waals surface area contributed by atoms with E-state index in [-0.39, 0.29) is 41.3 Å². The van der Waals surface area contributed by atoms with Crippen LogP contribution >= 0.6 is 0 Å². The molecule has 0 spiro atoms. The molecule has 3 rings (SSSR count). The zero-order chi connectivity index (χ0) is 22.5. The summed E-state index contributed by atoms with van der Waals surface area (Å²) in [5.41, 5.74) is 1.38. The SMILES string of the molecule is CCNC(=O)c1noc(-c2cc(C(C)C)c(OCOCC)cc2O)c1-c1noc(C)n1. The quantitative estimate of drug-likeness (QED) is 0.385. The van der Waals surface area contributed by atoms with Crippen LogP contribution in [0.15, 0.2) is 21.2 Å². The maximum Gasteiger partial charge on any atom is 0.274 e. The molecule has 1 aromatic carbocycles. The van der Waals surface area contributed by atoms with Crippen LogP contribution in [0.4, 0.5) is 0 Å². The highest BCUT2D eigenvalue weighted by molar-refractivity contribution is 6.01. The molecule has 2 aromatic heterocycles. The predicted molar refractivity (Wildman–Crippen MR) is 111 cm³/mol. The van der Waals surface area contributed by atoms with Crippen LogP contribution in [0.3, 0.4) is 0 Å². The van der Waals surface area contributed by atoms with E-state index in [1.54, 1.807) is 19.9 Å². The summed E-state index contributed by atoms with van der Waals surface area (Å²) in [7, 11) is 0. The summed E-state index contributed by atoms with van der Waals surface area (Å²) in [6.07, 6.45) is 0. The van der Waals surface area contributed by atoms with Crippen LogP contribution in [0.2, 0.25) is 0 Å². The fraction of sp³-hybridized carbons (Fsp3) is 0.429. The summed E-state index contributed by atoms with van der Waals surface area (Å²) >= 11 is 0. The Kier molecular flexibility index (Phi) is 6.91. The minimum atomic E-state index is -0.449. The first-order chi connectivity index (χ1) is 14.9. The first-order valence-corrected chi connectivity index (χ1v) is 10.0. The van der Waals surface area contributed by atoms with Crippen molar-refractivity contribution >= 4 is 5.91 Å². The maximum absolute atomic E-state index is 12.5. The molecular formula is C21H26N4O6. The molecule has 0 fully saturated rings. The molecule has 0 aliphatic carbocycles. The molecule has 10 heteroatoms. The van der Waals surface area contributed by atoms with E-state index in [1.165, 1.54) is 6.07 Å². The Hall–Kier alpha value is -3.40. The van der Waals surface area contributed by atoms with Gasteiger partial charge in [0.05, 0.1) is 5.56 Å². The summed E-state index contributed by atoms with van der Waals surface area (Å²) in [4.78, 5) is 16.8. The Morgan fingerprint density at radius 1 is 1.23 bits per heavy atom. The number of phenolic OH excluding ortho intramolecular Hbond substituents is 1. The van der Waals surface area contributed by atoms with Gasteiger partial charge in [0.2, 0.25) is 11.7 Å². The molecular weight excluding hydrogens is 404 g/mol. The Bertz CT molecular complexity index is 1060. The molecule has 10 nitrogen and oxygen atoms in total. The number of carbonyl (C=O) groups is 1. The monoisotopic (exact) mass is 430 g/mol. The average Bonchev–Trinajstić information content (AvgIpc) is 3.34. The fourth-order valence-corrected chi connectivity index (χ4v) is 3.01. The van der Waals surface area contributed by atoms with Crippen molar-refractivity contribution in [1.82, 2.24) is 20.6 Å². The van der Waals surface area contributed by atoms with Crippen molar-refractivity contribution in [2.45, 2.75) is 40.5 Å². The van der Waals surface area contributed by atoms with Crippen molar-refractivity contribution < 1.29 is 28.4 Å². The lowest BCUT2D eigenvalue weighted by atomic mass is 9.96. The molecule has 3 aromatic rings. The van der Waals surface area contributed by atoms with E-state index < -0.39 is 5.91 Å². The molecule has 0 radical (unpaired) electrons. The first kappa shape index (κ1) is 22.3. The second-order valence-corrected chi connectivity index (χ2v) is 7.05. The molecule has 166 valence electrons. The zero-order valence-electron chi connectivity index (χ0n) is 18.2. The summed E-state index contributed by atoms with van der Waals surface area (Å²) in [5.74, 6) is 0.597. The lowest BCUT2D eigenvalue weighted by Gasteiger charge is -2.16. The van der Waals surface area contributed by atoms with Crippen LogP contribution in [-0.2, 0) is 4.74 Å². The van der Waals surface area contributed by atoms with Gasteiger partial charge in [-0.2, -0.15) is 4.98 Å². The van der Waals surface area contributed by atoms with Crippen molar-refractivity contribution in [3.8, 4) is 34.2 Å². The number of nitrogens with zero attached hydrogens (tertiary/aromatic N) is 3. The van der Waals surface area contributed by atoms with Crippen LogP contribution in [0.5, 0.6) is 11.5 Å². The summed E-state index contributed by atoms with van der Waals surface area (Å²) in [5, 5.41) is 21.3. The standard InChI is InChI=1S/C21H26N4O6/c1-6-22-21(27)18-17(20-23-12(5)30-25-20)19(31-24-18)14-8-13(11(3)4)16(9-15(14)26)29-10-28-7-2/h8-9,11,26H,6-7,10H2,1-5H3,(H,22,27). The van der Waals surface area contributed by atoms with E-state index in [2.05, 4.69) is 20.6 Å². The lowest BCUT2D eigenvalue weighted by molar-refractivity contribution is 0.0216. The average molecular weight is 430 g/mol. The van der Waals surface area contributed by atoms with E-state index in [4.69, 9.17) is 18.5 Å². The van der Waals surface area contributed by atoms with Gasteiger partial charge >= 0.3 is 0 Å². The van der Waals surface area contributed by atoms with Crippen LogP contribution < -0.4 is 10.1 Å². The van der Waals surface area contributed by atoms with Crippen molar-refractivity contribution in [2.75, 3.05) is 19.9 Å². The maximum atomic E-state index is 12.5. The van der Waals surface area contributed by atoms with E-state index in [0.717, 1.165) is 5.56 Å². The third-order valence-corrected chi connectivity index (χ3v) is 4.49. The third-order valence-electron chi connectivity index (χ3n) is 4.49. The summed E-state index contributed by atoms with van der Waals surface area (Å²) in [6, 6.07) is 3.23. The van der Waals surface area contributed by atoms with Crippen molar-refractivity contribution in [2.24, 2.45) is 0 Å². The van der Waals surface area contributed by atoms with Gasteiger partial charge in [-0.15, -0.1) is 0 Å². The van der Waals surface area contributed by atoms with Crippen LogP contribution in [0, 0.1) is 6.92 Å². The Morgan fingerprint density at radius 2 is 2.00 bits per heavy atom. The van der Waals surface area contributed by atoms with Gasteiger partial charge in [-0.3, -0.25) is 4.79 Å². The van der Waals surface area contributed by atoms with E-state index in [9.17, 15) is 9.90 Å². The fourth-order valence-electron chi connectivity index (χ4n) is 3.01. The van der Waals surface area contributed by atoms with E-state index in [0.29, 0.717) is 30.4 Å². The van der Waals surface area contributed by atoms with Crippen LogP contribution in [0.25, 0.3) is 22.7 Å². The number of aromatic nitrogens is 3. The number of hydrogen-bond acceptors (Lipinski definition) is 9. The Balaban J connectivity index is 2.16. The second-order valence-electron chi connectivity index (χ2n) is 7.05. The van der Waals surface area contributed by atoms with E-state index >= 15 is 0 Å². The first-order valence-electron chi connectivity index (χ1n) is 10.0. The molecule has 0 bridgehead atoms. The molecule has 31 heavy (non-hydrogen) atoms. The van der Waals surface area contributed by atoms with Crippen molar-refractivity contribution in [1.29, 1.82) is 0 Å². The molecule has 0 aliphatic heterocycles. The molecule has 0 saturated carbocycles. The number of aryl methyl sites for hydroxylation is 1. The summed E-state index contributed by atoms with van der Waals surface area (Å²) < 4.78 is 21.5. The van der Waals surface area contributed by atoms with Crippen molar-refractivity contribution in [3.63, 3.8) is 0 Å². The van der Waals surface area contributed by atoms with Crippen molar-refractivity contribution in [3.05, 3.63) is 29.3 Å². The lowest BCUT2D eigenvalue weighted by Crippen LogP contribution is -2.23. The van der Waals surface area contributed by atoms with Gasteiger partial charge in [0, 0.05) is 26.1 Å². The van der Waals surface area contributed by atoms with Gasteiger partial charge in [0.1, 0.15) is 17.1 Å². The molecule has 2 N–H and O–H groups in total. The Labute approximate surface area is 179 Å². The number of carbonyl (C=O) groups excluding carboxylic acids is 1. The van der Waals surface area contributed by atoms with E-state index in [1.807, 2.05) is 20.8 Å². The van der Waals surface area contributed by atoms with Gasteiger partial charge in [-0.25, -0.2) is 0 Å². The molecule has 2 heterocycles. The largest absolute Gasteiger partial charge is 0.507 e. The van der Waals surface area contributed by atoms with Gasteiger partial charge in [-0.1, -0.05) is 24.2 Å². The Morgan fingerprint density at radius 3 is 2.61 bits per heavy atom.